The summed E-state index contributed by atoms with van der Waals surface area (Å²) in [6.45, 7) is 2.00. The molecule has 5 nitrogen and oxygen atoms in total. The minimum atomic E-state index is -1.22. The molecule has 25 heavy (non-hydrogen) atoms. The monoisotopic (exact) mass is 351 g/mol. The molecule has 3 rings (SSSR count). The van der Waals surface area contributed by atoms with Crippen molar-refractivity contribution in [3.05, 3.63) is 70.1 Å². The third kappa shape index (κ3) is 3.80. The van der Waals surface area contributed by atoms with E-state index in [1.807, 2.05) is 31.2 Å². The van der Waals surface area contributed by atoms with Gasteiger partial charge in [0.25, 0.3) is 5.91 Å². The predicted octanol–water partition coefficient (Wildman–Crippen LogP) is 2.59. The SMILES string of the molecule is Cc1ccc(N=C2S/C(=C/c3ccc(C(=O)[O-])cc3)C(=O)N2C)cc1. The topological polar surface area (TPSA) is 72.8 Å². The standard InChI is InChI=1S/C19H16N2O3S/c1-12-3-9-15(10-4-12)20-19-21(2)17(22)16(25-19)11-13-5-7-14(8-6-13)18(23)24/h3-11H,1-2H3,(H,23,24)/p-1/b16-11+,20-19?. The maximum atomic E-state index is 12.4. The first-order chi connectivity index (χ1) is 11.9. The highest BCUT2D eigenvalue weighted by molar-refractivity contribution is 8.18. The number of benzene rings is 2. The molecule has 2 aromatic carbocycles. The van der Waals surface area contributed by atoms with Crippen LogP contribution in [-0.2, 0) is 4.79 Å². The van der Waals surface area contributed by atoms with Gasteiger partial charge in [-0.15, -0.1) is 0 Å². The normalized spacial score (nSPS) is 17.5. The second-order valence-corrected chi connectivity index (χ2v) is 6.62. The van der Waals surface area contributed by atoms with E-state index in [1.54, 1.807) is 25.3 Å². The number of carboxylic acid groups (broad SMARTS) is 1. The van der Waals surface area contributed by atoms with Crippen molar-refractivity contribution >= 4 is 40.6 Å². The fourth-order valence-corrected chi connectivity index (χ4v) is 3.24. The summed E-state index contributed by atoms with van der Waals surface area (Å²) >= 11 is 1.29. The summed E-state index contributed by atoms with van der Waals surface area (Å²) in [5.74, 6) is -1.36. The van der Waals surface area contributed by atoms with Gasteiger partial charge in [-0.25, -0.2) is 4.99 Å². The van der Waals surface area contributed by atoms with E-state index in [0.717, 1.165) is 16.8 Å². The summed E-state index contributed by atoms with van der Waals surface area (Å²) in [7, 11) is 1.68. The van der Waals surface area contributed by atoms with Gasteiger partial charge in [-0.05, 0) is 48.0 Å². The van der Waals surface area contributed by atoms with Crippen LogP contribution in [0.3, 0.4) is 0 Å². The molecular formula is C19H15N2O3S-. The van der Waals surface area contributed by atoms with Crippen molar-refractivity contribution in [2.75, 3.05) is 7.05 Å². The molecule has 1 amide bonds. The summed E-state index contributed by atoms with van der Waals surface area (Å²) in [6, 6.07) is 13.9. The molecule has 0 aliphatic carbocycles. The Balaban J connectivity index is 1.85. The lowest BCUT2D eigenvalue weighted by atomic mass is 10.1. The molecule has 0 radical (unpaired) electrons. The van der Waals surface area contributed by atoms with Crippen LogP contribution in [0.25, 0.3) is 6.08 Å². The molecule has 0 atom stereocenters. The number of rotatable bonds is 3. The summed E-state index contributed by atoms with van der Waals surface area (Å²) in [6.07, 6.45) is 1.72. The zero-order valence-electron chi connectivity index (χ0n) is 13.7. The number of carbonyl (C=O) groups is 2. The molecule has 0 saturated carbocycles. The Morgan fingerprint density at radius 2 is 1.76 bits per heavy atom. The van der Waals surface area contributed by atoms with Crippen molar-refractivity contribution in [2.45, 2.75) is 6.92 Å². The second kappa shape index (κ2) is 6.94. The Labute approximate surface area is 149 Å². The van der Waals surface area contributed by atoms with Crippen LogP contribution in [0.1, 0.15) is 21.5 Å². The van der Waals surface area contributed by atoms with Gasteiger partial charge < -0.3 is 9.90 Å². The average Bonchev–Trinajstić information content (AvgIpc) is 2.85. The molecular weight excluding hydrogens is 336 g/mol. The van der Waals surface area contributed by atoms with Crippen molar-refractivity contribution < 1.29 is 14.7 Å². The highest BCUT2D eigenvalue weighted by atomic mass is 32.2. The molecule has 0 bridgehead atoms. The average molecular weight is 351 g/mol. The van der Waals surface area contributed by atoms with Gasteiger partial charge >= 0.3 is 0 Å². The number of amides is 1. The number of nitrogens with zero attached hydrogens (tertiary/aromatic N) is 2. The van der Waals surface area contributed by atoms with E-state index >= 15 is 0 Å². The Kier molecular flexibility index (Phi) is 4.72. The molecule has 2 aromatic rings. The largest absolute Gasteiger partial charge is 0.545 e. The summed E-state index contributed by atoms with van der Waals surface area (Å²) in [5, 5.41) is 11.4. The van der Waals surface area contributed by atoms with Gasteiger partial charge in [0.15, 0.2) is 5.17 Å². The van der Waals surface area contributed by atoms with Crippen LogP contribution in [0, 0.1) is 6.92 Å². The molecule has 1 heterocycles. The molecule has 0 unspecified atom stereocenters. The fraction of sp³-hybridized carbons (Fsp3) is 0.105. The molecule has 1 aliphatic rings. The van der Waals surface area contributed by atoms with Crippen molar-refractivity contribution in [3.8, 4) is 0 Å². The summed E-state index contributed by atoms with van der Waals surface area (Å²) in [5.41, 5.74) is 2.78. The first-order valence-electron chi connectivity index (χ1n) is 7.58. The molecule has 0 N–H and O–H groups in total. The van der Waals surface area contributed by atoms with E-state index in [2.05, 4.69) is 4.99 Å². The quantitative estimate of drug-likeness (QED) is 0.797. The molecule has 1 fully saturated rings. The van der Waals surface area contributed by atoms with Crippen LogP contribution in [0.5, 0.6) is 0 Å². The van der Waals surface area contributed by atoms with Crippen LogP contribution < -0.4 is 5.11 Å². The Morgan fingerprint density at radius 1 is 1.12 bits per heavy atom. The smallest absolute Gasteiger partial charge is 0.266 e. The highest BCUT2D eigenvalue weighted by Crippen LogP contribution is 2.33. The lowest BCUT2D eigenvalue weighted by molar-refractivity contribution is -0.255. The van der Waals surface area contributed by atoms with Crippen molar-refractivity contribution in [2.24, 2.45) is 4.99 Å². The van der Waals surface area contributed by atoms with E-state index in [9.17, 15) is 14.7 Å². The molecule has 126 valence electrons. The molecule has 0 spiro atoms. The Bertz CT molecular complexity index is 884. The van der Waals surface area contributed by atoms with E-state index in [4.69, 9.17) is 0 Å². The molecule has 1 aliphatic heterocycles. The zero-order chi connectivity index (χ0) is 18.0. The van der Waals surface area contributed by atoms with Gasteiger partial charge in [0, 0.05) is 7.05 Å². The predicted molar refractivity (Wildman–Crippen MR) is 97.4 cm³/mol. The van der Waals surface area contributed by atoms with Crippen LogP contribution in [-0.4, -0.2) is 29.0 Å². The van der Waals surface area contributed by atoms with Gasteiger partial charge in [0.2, 0.25) is 0 Å². The first kappa shape index (κ1) is 17.0. The number of aliphatic imine (C=N–C) groups is 1. The molecule has 1 saturated heterocycles. The number of aromatic carboxylic acids is 1. The van der Waals surface area contributed by atoms with Crippen molar-refractivity contribution in [1.29, 1.82) is 0 Å². The highest BCUT2D eigenvalue weighted by Gasteiger charge is 2.30. The third-order valence-electron chi connectivity index (χ3n) is 3.71. The van der Waals surface area contributed by atoms with E-state index < -0.39 is 5.97 Å². The third-order valence-corrected chi connectivity index (χ3v) is 4.77. The van der Waals surface area contributed by atoms with E-state index in [0.29, 0.717) is 10.1 Å². The maximum absolute atomic E-state index is 12.4. The van der Waals surface area contributed by atoms with Gasteiger partial charge in [0.05, 0.1) is 16.6 Å². The van der Waals surface area contributed by atoms with Gasteiger partial charge in [-0.3, -0.25) is 9.69 Å². The van der Waals surface area contributed by atoms with Crippen LogP contribution in [0.2, 0.25) is 0 Å². The number of aryl methyl sites for hydroxylation is 1. The van der Waals surface area contributed by atoms with E-state index in [1.165, 1.54) is 28.8 Å². The fourth-order valence-electron chi connectivity index (χ4n) is 2.25. The second-order valence-electron chi connectivity index (χ2n) is 5.61. The number of carbonyl (C=O) groups excluding carboxylic acids is 2. The molecule has 6 heteroatoms. The summed E-state index contributed by atoms with van der Waals surface area (Å²) in [4.78, 5) is 29.7. The summed E-state index contributed by atoms with van der Waals surface area (Å²) < 4.78 is 0. The van der Waals surface area contributed by atoms with Crippen LogP contribution >= 0.6 is 11.8 Å². The van der Waals surface area contributed by atoms with Crippen LogP contribution in [0.4, 0.5) is 5.69 Å². The van der Waals surface area contributed by atoms with Crippen LogP contribution in [0.15, 0.2) is 58.4 Å². The van der Waals surface area contributed by atoms with Gasteiger partial charge in [-0.1, -0.05) is 42.0 Å². The van der Waals surface area contributed by atoms with Crippen molar-refractivity contribution in [3.63, 3.8) is 0 Å². The lowest BCUT2D eigenvalue weighted by Gasteiger charge is -2.07. The number of amidine groups is 1. The lowest BCUT2D eigenvalue weighted by Crippen LogP contribution is -2.23. The number of hydrogen-bond donors (Lipinski definition) is 0. The minimum Gasteiger partial charge on any atom is -0.545 e. The van der Waals surface area contributed by atoms with Gasteiger partial charge in [-0.2, -0.15) is 0 Å². The number of thioether (sulfide) groups is 1. The van der Waals surface area contributed by atoms with Crippen molar-refractivity contribution in [1.82, 2.24) is 4.90 Å². The van der Waals surface area contributed by atoms with E-state index in [-0.39, 0.29) is 11.5 Å². The maximum Gasteiger partial charge on any atom is 0.266 e. The number of hydrogen-bond acceptors (Lipinski definition) is 5. The zero-order valence-corrected chi connectivity index (χ0v) is 14.5. The number of likely N-dealkylation sites (N-methyl/N-ethyl adjacent to an activating group) is 1. The minimum absolute atomic E-state index is 0.103. The molecule has 0 aromatic heterocycles. The Hall–Kier alpha value is -2.86. The number of carboxylic acids is 1. The first-order valence-corrected chi connectivity index (χ1v) is 8.40. The Morgan fingerprint density at radius 3 is 2.36 bits per heavy atom. The van der Waals surface area contributed by atoms with Gasteiger partial charge in [0.1, 0.15) is 0 Å².